The summed E-state index contributed by atoms with van der Waals surface area (Å²) < 4.78 is 14.2. The largest absolute Gasteiger partial charge is 0.389 e. The van der Waals surface area contributed by atoms with Crippen molar-refractivity contribution in [2.75, 3.05) is 0 Å². The van der Waals surface area contributed by atoms with Crippen molar-refractivity contribution in [1.29, 1.82) is 0 Å². The fourth-order valence-electron chi connectivity index (χ4n) is 1.57. The molecule has 2 aromatic rings. The van der Waals surface area contributed by atoms with E-state index in [-0.39, 0.29) is 11.5 Å². The number of nitrogens with one attached hydrogen (secondary N) is 1. The summed E-state index contributed by atoms with van der Waals surface area (Å²) in [5, 5.41) is 0. The first-order valence-corrected chi connectivity index (χ1v) is 5.76. The van der Waals surface area contributed by atoms with Crippen molar-refractivity contribution in [3.8, 4) is 0 Å². The van der Waals surface area contributed by atoms with Crippen LogP contribution in [0.4, 0.5) is 4.39 Å². The number of halogens is 1. The molecule has 2 rings (SSSR count). The van der Waals surface area contributed by atoms with Gasteiger partial charge in [-0.25, -0.2) is 4.79 Å². The molecule has 1 heterocycles. The predicted octanol–water partition coefficient (Wildman–Crippen LogP) is 0.358. The Morgan fingerprint density at radius 1 is 1.32 bits per heavy atom. The molecule has 7 heteroatoms. The molecule has 1 aromatic carbocycles. The van der Waals surface area contributed by atoms with E-state index in [1.165, 1.54) is 0 Å². The SMILES string of the molecule is NC(=S)c1ccc(Cn2cc(F)c(=O)[nH]c2=O)cc1. The van der Waals surface area contributed by atoms with E-state index in [1.807, 2.05) is 4.98 Å². The minimum absolute atomic E-state index is 0.143. The molecule has 0 saturated heterocycles. The Morgan fingerprint density at radius 2 is 1.95 bits per heavy atom. The van der Waals surface area contributed by atoms with Crippen molar-refractivity contribution in [3.05, 3.63) is 68.2 Å². The van der Waals surface area contributed by atoms with Gasteiger partial charge in [-0.15, -0.1) is 0 Å². The van der Waals surface area contributed by atoms with Crippen LogP contribution in [0.15, 0.2) is 40.1 Å². The van der Waals surface area contributed by atoms with Crippen LogP contribution in [0.25, 0.3) is 0 Å². The van der Waals surface area contributed by atoms with Gasteiger partial charge in [-0.2, -0.15) is 4.39 Å². The van der Waals surface area contributed by atoms with Gasteiger partial charge in [0.2, 0.25) is 5.82 Å². The quantitative estimate of drug-likeness (QED) is 0.795. The zero-order valence-electron chi connectivity index (χ0n) is 9.72. The second-order valence-corrected chi connectivity index (χ2v) is 4.37. The zero-order chi connectivity index (χ0) is 14.0. The van der Waals surface area contributed by atoms with E-state index < -0.39 is 17.1 Å². The zero-order valence-corrected chi connectivity index (χ0v) is 10.5. The van der Waals surface area contributed by atoms with Gasteiger partial charge >= 0.3 is 5.69 Å². The highest BCUT2D eigenvalue weighted by Crippen LogP contribution is 2.05. The molecule has 0 aliphatic heterocycles. The van der Waals surface area contributed by atoms with E-state index >= 15 is 0 Å². The van der Waals surface area contributed by atoms with Crippen LogP contribution in [-0.4, -0.2) is 14.5 Å². The summed E-state index contributed by atoms with van der Waals surface area (Å²) >= 11 is 4.82. The van der Waals surface area contributed by atoms with Gasteiger partial charge in [0.1, 0.15) is 4.99 Å². The maximum atomic E-state index is 13.1. The van der Waals surface area contributed by atoms with E-state index in [1.54, 1.807) is 24.3 Å². The van der Waals surface area contributed by atoms with Crippen LogP contribution in [0.3, 0.4) is 0 Å². The Morgan fingerprint density at radius 3 is 2.53 bits per heavy atom. The molecule has 0 bridgehead atoms. The molecule has 98 valence electrons. The van der Waals surface area contributed by atoms with Gasteiger partial charge in [-0.3, -0.25) is 14.3 Å². The van der Waals surface area contributed by atoms with E-state index in [4.69, 9.17) is 18.0 Å². The Bertz CT molecular complexity index is 734. The normalized spacial score (nSPS) is 10.4. The molecule has 0 amide bonds. The molecule has 3 N–H and O–H groups in total. The first kappa shape index (κ1) is 13.2. The fraction of sp³-hybridized carbons (Fsp3) is 0.0833. The first-order valence-electron chi connectivity index (χ1n) is 5.35. The molecule has 19 heavy (non-hydrogen) atoms. The maximum absolute atomic E-state index is 13.1. The highest BCUT2D eigenvalue weighted by molar-refractivity contribution is 7.80. The number of aromatic amines is 1. The fourth-order valence-corrected chi connectivity index (χ4v) is 1.71. The van der Waals surface area contributed by atoms with Crippen molar-refractivity contribution in [1.82, 2.24) is 9.55 Å². The van der Waals surface area contributed by atoms with Crippen LogP contribution >= 0.6 is 12.2 Å². The van der Waals surface area contributed by atoms with Gasteiger partial charge in [0.05, 0.1) is 12.7 Å². The third kappa shape index (κ3) is 2.94. The topological polar surface area (TPSA) is 80.9 Å². The van der Waals surface area contributed by atoms with Crippen LogP contribution in [0.5, 0.6) is 0 Å². The minimum Gasteiger partial charge on any atom is -0.389 e. The van der Waals surface area contributed by atoms with Crippen LogP contribution in [0.2, 0.25) is 0 Å². The summed E-state index contributed by atoms with van der Waals surface area (Å²) in [6.45, 7) is 0.143. The first-order chi connectivity index (χ1) is 8.97. The van der Waals surface area contributed by atoms with Gasteiger partial charge in [-0.1, -0.05) is 36.5 Å². The lowest BCUT2D eigenvalue weighted by molar-refractivity contribution is 0.566. The monoisotopic (exact) mass is 279 g/mol. The molecule has 0 atom stereocenters. The van der Waals surface area contributed by atoms with E-state index in [0.717, 1.165) is 16.3 Å². The molecule has 0 aliphatic carbocycles. The Labute approximate surface area is 112 Å². The summed E-state index contributed by atoms with van der Waals surface area (Å²) in [5.41, 5.74) is 5.24. The molecule has 1 aromatic heterocycles. The number of thiocarbonyl (C=S) groups is 1. The molecular formula is C12H10FN3O2S. The second kappa shape index (κ2) is 5.15. The van der Waals surface area contributed by atoms with Gasteiger partial charge in [-0.05, 0) is 5.56 Å². The number of hydrogen-bond acceptors (Lipinski definition) is 3. The maximum Gasteiger partial charge on any atom is 0.328 e. The number of nitrogens with two attached hydrogens (primary N) is 1. The lowest BCUT2D eigenvalue weighted by Crippen LogP contribution is -2.31. The highest BCUT2D eigenvalue weighted by atomic mass is 32.1. The molecule has 0 aliphatic rings. The van der Waals surface area contributed by atoms with Gasteiger partial charge < -0.3 is 5.73 Å². The standard InChI is InChI=1S/C12H10FN3O2S/c13-9-6-16(12(18)15-11(9)17)5-7-1-3-8(4-2-7)10(14)19/h1-4,6H,5H2,(H2,14,19)(H,15,17,18). The van der Waals surface area contributed by atoms with Crippen molar-refractivity contribution in [3.63, 3.8) is 0 Å². The molecular weight excluding hydrogens is 269 g/mol. The van der Waals surface area contributed by atoms with Gasteiger partial charge in [0.25, 0.3) is 5.56 Å². The van der Waals surface area contributed by atoms with Crippen LogP contribution in [-0.2, 0) is 6.54 Å². The number of rotatable bonds is 3. The minimum atomic E-state index is -1.02. The molecule has 0 spiro atoms. The second-order valence-electron chi connectivity index (χ2n) is 3.93. The average molecular weight is 279 g/mol. The average Bonchev–Trinajstić information content (AvgIpc) is 2.36. The number of hydrogen-bond donors (Lipinski definition) is 2. The van der Waals surface area contributed by atoms with E-state index in [0.29, 0.717) is 5.56 Å². The summed E-state index contributed by atoms with van der Waals surface area (Å²) in [6.07, 6.45) is 0.878. The van der Waals surface area contributed by atoms with Gasteiger partial charge in [0.15, 0.2) is 0 Å². The summed E-state index contributed by atoms with van der Waals surface area (Å²) in [6, 6.07) is 6.88. The summed E-state index contributed by atoms with van der Waals surface area (Å²) in [5.74, 6) is -1.00. The van der Waals surface area contributed by atoms with Crippen LogP contribution < -0.4 is 17.0 Å². The number of aromatic nitrogens is 2. The van der Waals surface area contributed by atoms with Crippen molar-refractivity contribution < 1.29 is 4.39 Å². The lowest BCUT2D eigenvalue weighted by Gasteiger charge is -2.06. The van der Waals surface area contributed by atoms with Crippen molar-refractivity contribution in [2.45, 2.75) is 6.54 Å². The number of H-pyrrole nitrogens is 1. The van der Waals surface area contributed by atoms with E-state index in [9.17, 15) is 14.0 Å². The van der Waals surface area contributed by atoms with Gasteiger partial charge in [0, 0.05) is 5.56 Å². The van der Waals surface area contributed by atoms with Crippen molar-refractivity contribution >= 4 is 17.2 Å². The Kier molecular flexibility index (Phi) is 3.57. The lowest BCUT2D eigenvalue weighted by atomic mass is 10.1. The summed E-state index contributed by atoms with van der Waals surface area (Å²) in [7, 11) is 0. The third-order valence-corrected chi connectivity index (χ3v) is 2.79. The van der Waals surface area contributed by atoms with Crippen LogP contribution in [0, 0.1) is 5.82 Å². The molecule has 0 unspecified atom stereocenters. The van der Waals surface area contributed by atoms with Crippen LogP contribution in [0.1, 0.15) is 11.1 Å². The summed E-state index contributed by atoms with van der Waals surface area (Å²) in [4.78, 5) is 24.5. The molecule has 0 radical (unpaired) electrons. The highest BCUT2D eigenvalue weighted by Gasteiger charge is 2.04. The van der Waals surface area contributed by atoms with Crippen molar-refractivity contribution in [2.24, 2.45) is 5.73 Å². The molecule has 0 fully saturated rings. The predicted molar refractivity (Wildman–Crippen MR) is 72.7 cm³/mol. The number of nitrogens with zero attached hydrogens (tertiary/aromatic N) is 1. The molecule has 5 nitrogen and oxygen atoms in total. The Hall–Kier alpha value is -2.28. The van der Waals surface area contributed by atoms with E-state index in [2.05, 4.69) is 0 Å². The number of benzene rings is 1. The Balaban J connectivity index is 2.31. The molecule has 0 saturated carbocycles. The third-order valence-electron chi connectivity index (χ3n) is 2.56. The smallest absolute Gasteiger partial charge is 0.328 e.